The maximum atomic E-state index is 15.6. The number of rotatable bonds is 6. The van der Waals surface area contributed by atoms with E-state index < -0.39 is 11.4 Å². The highest BCUT2D eigenvalue weighted by atomic mass is 19.1. The van der Waals surface area contributed by atoms with Gasteiger partial charge in [-0.25, -0.2) is 14.4 Å². The Hall–Kier alpha value is -4.14. The molecule has 3 heterocycles. The van der Waals surface area contributed by atoms with Gasteiger partial charge in [0.2, 0.25) is 0 Å². The Labute approximate surface area is 213 Å². The molecule has 0 spiro atoms. The third kappa shape index (κ3) is 4.34. The van der Waals surface area contributed by atoms with E-state index in [2.05, 4.69) is 20.9 Å². The fourth-order valence-electron chi connectivity index (χ4n) is 5.10. The first kappa shape index (κ1) is 23.3. The summed E-state index contributed by atoms with van der Waals surface area (Å²) < 4.78 is 18.5. The molecule has 2 N–H and O–H groups in total. The molecule has 0 bridgehead atoms. The number of likely N-dealkylation sites (tertiary alicyclic amines) is 1. The molecule has 7 nitrogen and oxygen atoms in total. The number of nitrogens with zero attached hydrogens (tertiary/aromatic N) is 5. The summed E-state index contributed by atoms with van der Waals surface area (Å²) in [6, 6.07) is 20.7. The Bertz CT molecular complexity index is 1650. The molecule has 0 saturated carbocycles. The van der Waals surface area contributed by atoms with E-state index in [1.54, 1.807) is 17.0 Å². The van der Waals surface area contributed by atoms with Crippen molar-refractivity contribution < 1.29 is 4.39 Å². The molecular formula is C29H27FN6O. The van der Waals surface area contributed by atoms with Crippen molar-refractivity contribution in [2.75, 3.05) is 13.1 Å². The van der Waals surface area contributed by atoms with Gasteiger partial charge in [0.05, 0.1) is 5.69 Å². The Morgan fingerprint density at radius 3 is 2.46 bits per heavy atom. The van der Waals surface area contributed by atoms with Gasteiger partial charge in [0.25, 0.3) is 5.56 Å². The topological polar surface area (TPSA) is 82.0 Å². The lowest BCUT2D eigenvalue weighted by Gasteiger charge is -2.18. The van der Waals surface area contributed by atoms with Crippen molar-refractivity contribution in [2.45, 2.75) is 25.9 Å². The number of nitrogens with two attached hydrogens (primary N) is 1. The lowest BCUT2D eigenvalue weighted by molar-refractivity contribution is 0.332. The summed E-state index contributed by atoms with van der Waals surface area (Å²) in [7, 11) is 0. The van der Waals surface area contributed by atoms with Gasteiger partial charge in [0, 0.05) is 18.8 Å². The zero-order valence-electron chi connectivity index (χ0n) is 20.3. The number of fused-ring (bicyclic) bond motifs is 1. The summed E-state index contributed by atoms with van der Waals surface area (Å²) in [6.45, 7) is 3.40. The van der Waals surface area contributed by atoms with Gasteiger partial charge in [-0.1, -0.05) is 42.5 Å². The van der Waals surface area contributed by atoms with Gasteiger partial charge in [-0.05, 0) is 72.5 Å². The zero-order chi connectivity index (χ0) is 25.4. The quantitative estimate of drug-likeness (QED) is 0.378. The monoisotopic (exact) mass is 494 g/mol. The van der Waals surface area contributed by atoms with Crippen molar-refractivity contribution in [1.82, 2.24) is 24.0 Å². The lowest BCUT2D eigenvalue weighted by atomic mass is 9.99. The van der Waals surface area contributed by atoms with Gasteiger partial charge in [-0.3, -0.25) is 18.8 Å². The Morgan fingerprint density at radius 2 is 1.68 bits per heavy atom. The summed E-state index contributed by atoms with van der Waals surface area (Å²) in [4.78, 5) is 24.6. The average Bonchev–Trinajstić information content (AvgIpc) is 3.60. The van der Waals surface area contributed by atoms with Crippen LogP contribution in [0.5, 0.6) is 0 Å². The molecule has 1 aliphatic rings. The number of imidazole rings is 1. The summed E-state index contributed by atoms with van der Waals surface area (Å²) in [6.07, 6.45) is 5.32. The fraction of sp³-hybridized carbons (Fsp3) is 0.207. The molecule has 0 atom stereocenters. The van der Waals surface area contributed by atoms with Gasteiger partial charge in [-0.2, -0.15) is 0 Å². The first-order valence-corrected chi connectivity index (χ1v) is 12.5. The van der Waals surface area contributed by atoms with Crippen LogP contribution in [0.2, 0.25) is 0 Å². The van der Waals surface area contributed by atoms with Crippen LogP contribution in [0.1, 0.15) is 24.0 Å². The van der Waals surface area contributed by atoms with Crippen molar-refractivity contribution in [3.05, 3.63) is 107 Å². The molecule has 5 aromatic rings. The Kier molecular flexibility index (Phi) is 6.12. The molecule has 37 heavy (non-hydrogen) atoms. The van der Waals surface area contributed by atoms with Crippen LogP contribution < -0.4 is 11.3 Å². The molecule has 0 aliphatic carbocycles. The number of hydrogen-bond acceptors (Lipinski definition) is 5. The Morgan fingerprint density at radius 1 is 0.892 bits per heavy atom. The lowest BCUT2D eigenvalue weighted by Crippen LogP contribution is -2.21. The van der Waals surface area contributed by atoms with Crippen molar-refractivity contribution >= 4 is 11.2 Å². The van der Waals surface area contributed by atoms with E-state index in [9.17, 15) is 4.79 Å². The Balaban J connectivity index is 1.40. The van der Waals surface area contributed by atoms with E-state index in [-0.39, 0.29) is 11.2 Å². The number of hydrogen-bond donors (Lipinski definition) is 1. The van der Waals surface area contributed by atoms with Crippen molar-refractivity contribution in [3.63, 3.8) is 0 Å². The molecule has 1 fully saturated rings. The van der Waals surface area contributed by atoms with Crippen LogP contribution in [0, 0.1) is 5.82 Å². The van der Waals surface area contributed by atoms with E-state index in [4.69, 9.17) is 5.73 Å². The second-order valence-corrected chi connectivity index (χ2v) is 9.39. The van der Waals surface area contributed by atoms with E-state index in [0.717, 1.165) is 42.0 Å². The van der Waals surface area contributed by atoms with Crippen molar-refractivity contribution in [3.8, 4) is 22.5 Å². The molecule has 3 aromatic carbocycles. The van der Waals surface area contributed by atoms with Crippen LogP contribution >= 0.6 is 0 Å². The molecule has 1 aliphatic heterocycles. The highest BCUT2D eigenvalue weighted by molar-refractivity contribution is 5.73. The fourth-order valence-corrected chi connectivity index (χ4v) is 5.10. The van der Waals surface area contributed by atoms with E-state index >= 15 is 4.39 Å². The smallest absolute Gasteiger partial charge is 0.284 e. The third-order valence-electron chi connectivity index (χ3n) is 7.02. The van der Waals surface area contributed by atoms with Crippen LogP contribution in [-0.2, 0) is 13.1 Å². The largest absolute Gasteiger partial charge is 0.326 e. The predicted molar refractivity (Wildman–Crippen MR) is 142 cm³/mol. The van der Waals surface area contributed by atoms with Gasteiger partial charge in [0.15, 0.2) is 11.2 Å². The SMILES string of the molecule is NCc1cccc(-n2cnc3ncn(-c4ccc(-c5ccccc5CN5CCCC5)cc4F)c(=O)c32)c1. The van der Waals surface area contributed by atoms with E-state index in [1.165, 1.54) is 35.4 Å². The van der Waals surface area contributed by atoms with Crippen LogP contribution in [0.3, 0.4) is 0 Å². The minimum absolute atomic E-state index is 0.142. The number of aromatic nitrogens is 4. The van der Waals surface area contributed by atoms with Gasteiger partial charge in [0.1, 0.15) is 18.5 Å². The molecule has 2 aromatic heterocycles. The summed E-state index contributed by atoms with van der Waals surface area (Å²) in [5.41, 5.74) is 10.7. The minimum atomic E-state index is -0.493. The van der Waals surface area contributed by atoms with Gasteiger partial charge in [-0.15, -0.1) is 0 Å². The highest BCUT2D eigenvalue weighted by Crippen LogP contribution is 2.28. The molecule has 6 rings (SSSR count). The molecule has 0 amide bonds. The number of benzene rings is 3. The third-order valence-corrected chi connectivity index (χ3v) is 7.02. The normalized spacial score (nSPS) is 14.0. The molecule has 186 valence electrons. The average molecular weight is 495 g/mol. The second kappa shape index (κ2) is 9.72. The van der Waals surface area contributed by atoms with Crippen molar-refractivity contribution in [1.29, 1.82) is 0 Å². The first-order chi connectivity index (χ1) is 18.1. The highest BCUT2D eigenvalue weighted by Gasteiger charge is 2.18. The molecule has 1 saturated heterocycles. The van der Waals surface area contributed by atoms with Gasteiger partial charge < -0.3 is 5.73 Å². The second-order valence-electron chi connectivity index (χ2n) is 9.39. The maximum absolute atomic E-state index is 15.6. The number of halogens is 1. The van der Waals surface area contributed by atoms with Crippen LogP contribution in [0.4, 0.5) is 4.39 Å². The predicted octanol–water partition coefficient (Wildman–Crippen LogP) is 4.43. The summed E-state index contributed by atoms with van der Waals surface area (Å²) in [5.74, 6) is -0.493. The van der Waals surface area contributed by atoms with Gasteiger partial charge >= 0.3 is 0 Å². The van der Waals surface area contributed by atoms with Crippen LogP contribution in [0.15, 0.2) is 84.2 Å². The molecule has 0 radical (unpaired) electrons. The first-order valence-electron chi connectivity index (χ1n) is 12.5. The van der Waals surface area contributed by atoms with Crippen LogP contribution in [0.25, 0.3) is 33.7 Å². The standard InChI is InChI=1S/C29H27FN6O/c30-25-15-21(24-9-2-1-7-22(24)17-34-12-3-4-13-34)10-11-26(25)36-19-33-28-27(29(36)37)35(18-32-28)23-8-5-6-20(14-23)16-31/h1-2,5-11,14-15,18-19H,3-4,12-13,16-17,31H2. The summed E-state index contributed by atoms with van der Waals surface area (Å²) in [5, 5.41) is 0. The van der Waals surface area contributed by atoms with Crippen LogP contribution in [-0.4, -0.2) is 37.1 Å². The molecule has 8 heteroatoms. The minimum Gasteiger partial charge on any atom is -0.326 e. The summed E-state index contributed by atoms with van der Waals surface area (Å²) >= 11 is 0. The molecular weight excluding hydrogens is 467 g/mol. The van der Waals surface area contributed by atoms with E-state index in [1.807, 2.05) is 48.5 Å². The van der Waals surface area contributed by atoms with E-state index in [0.29, 0.717) is 12.2 Å². The molecule has 0 unspecified atom stereocenters. The zero-order valence-corrected chi connectivity index (χ0v) is 20.3. The van der Waals surface area contributed by atoms with Crippen molar-refractivity contribution in [2.24, 2.45) is 5.73 Å². The maximum Gasteiger partial charge on any atom is 0.284 e.